The van der Waals surface area contributed by atoms with Gasteiger partial charge in [-0.15, -0.1) is 0 Å². The van der Waals surface area contributed by atoms with Crippen LogP contribution in [0.3, 0.4) is 0 Å². The number of para-hydroxylation sites is 1. The molecule has 204 valence electrons. The molecule has 0 bridgehead atoms. The Balaban J connectivity index is 1.82. The van der Waals surface area contributed by atoms with E-state index in [0.29, 0.717) is 41.1 Å². The Morgan fingerprint density at radius 3 is 2.36 bits per heavy atom. The summed E-state index contributed by atoms with van der Waals surface area (Å²) >= 11 is 0. The number of benzene rings is 3. The van der Waals surface area contributed by atoms with Gasteiger partial charge in [0.25, 0.3) is 5.56 Å². The first-order chi connectivity index (χ1) is 19.0. The minimum Gasteiger partial charge on any atom is -0.497 e. The van der Waals surface area contributed by atoms with Gasteiger partial charge >= 0.3 is 6.03 Å². The maximum absolute atomic E-state index is 13.9. The standard InChI is InChI=1S/C32H38N4O3/c1-5-7-8-11-22-35(32(38)33-24-16-14-23(3)15-17-24)29(6-2)30-34-28-13-10-9-12-27(28)31(37)36(30)25-18-20-26(39-4)21-19-25/h9-10,12-21,29H,5-8,11,22H2,1-4H3,(H,33,38). The van der Waals surface area contributed by atoms with E-state index >= 15 is 0 Å². The van der Waals surface area contributed by atoms with Gasteiger partial charge in [-0.2, -0.15) is 0 Å². The third-order valence-electron chi connectivity index (χ3n) is 7.01. The summed E-state index contributed by atoms with van der Waals surface area (Å²) in [7, 11) is 1.61. The first kappa shape index (κ1) is 27.9. The average Bonchev–Trinajstić information content (AvgIpc) is 2.96. The molecule has 1 aromatic heterocycles. The van der Waals surface area contributed by atoms with E-state index in [-0.39, 0.29) is 11.6 Å². The Labute approximate surface area is 230 Å². The van der Waals surface area contributed by atoms with Crippen LogP contribution in [0.15, 0.2) is 77.6 Å². The monoisotopic (exact) mass is 526 g/mol. The van der Waals surface area contributed by atoms with Crippen molar-refractivity contribution in [1.29, 1.82) is 0 Å². The molecule has 0 aliphatic heterocycles. The minimum absolute atomic E-state index is 0.163. The summed E-state index contributed by atoms with van der Waals surface area (Å²) in [6.45, 7) is 6.77. The van der Waals surface area contributed by atoms with Crippen molar-refractivity contribution in [2.45, 2.75) is 58.9 Å². The van der Waals surface area contributed by atoms with Crippen molar-refractivity contribution in [3.05, 3.63) is 94.5 Å². The second-order valence-corrected chi connectivity index (χ2v) is 9.80. The van der Waals surface area contributed by atoms with Crippen molar-refractivity contribution < 1.29 is 9.53 Å². The number of aromatic nitrogens is 2. The fourth-order valence-electron chi connectivity index (χ4n) is 4.84. The second kappa shape index (κ2) is 13.1. The Hall–Kier alpha value is -4.13. The van der Waals surface area contributed by atoms with Crippen LogP contribution in [0.5, 0.6) is 5.75 Å². The Bertz CT molecular complexity index is 1450. The Morgan fingerprint density at radius 1 is 0.974 bits per heavy atom. The second-order valence-electron chi connectivity index (χ2n) is 9.80. The number of fused-ring (bicyclic) bond motifs is 1. The van der Waals surface area contributed by atoms with Crippen LogP contribution < -0.4 is 15.6 Å². The van der Waals surface area contributed by atoms with E-state index in [9.17, 15) is 9.59 Å². The highest BCUT2D eigenvalue weighted by atomic mass is 16.5. The minimum atomic E-state index is -0.420. The lowest BCUT2D eigenvalue weighted by Crippen LogP contribution is -2.41. The average molecular weight is 527 g/mol. The molecule has 0 aliphatic carbocycles. The van der Waals surface area contributed by atoms with Gasteiger partial charge in [0.15, 0.2) is 0 Å². The number of hydrogen-bond donors (Lipinski definition) is 1. The maximum Gasteiger partial charge on any atom is 0.322 e. The number of nitrogens with zero attached hydrogens (tertiary/aromatic N) is 3. The predicted molar refractivity (Wildman–Crippen MR) is 158 cm³/mol. The molecular formula is C32H38N4O3. The van der Waals surface area contributed by atoms with E-state index in [0.717, 1.165) is 36.9 Å². The fourth-order valence-corrected chi connectivity index (χ4v) is 4.84. The summed E-state index contributed by atoms with van der Waals surface area (Å²) in [5.41, 5.74) is 2.99. The molecule has 3 aromatic carbocycles. The third-order valence-corrected chi connectivity index (χ3v) is 7.01. The number of urea groups is 1. The van der Waals surface area contributed by atoms with E-state index in [1.54, 1.807) is 17.7 Å². The summed E-state index contributed by atoms with van der Waals surface area (Å²) < 4.78 is 6.98. The molecule has 4 rings (SSSR count). The molecule has 1 unspecified atom stereocenters. The lowest BCUT2D eigenvalue weighted by Gasteiger charge is -2.32. The molecule has 0 radical (unpaired) electrons. The normalized spacial score (nSPS) is 11.8. The topological polar surface area (TPSA) is 76.5 Å². The van der Waals surface area contributed by atoms with Crippen LogP contribution in [-0.2, 0) is 0 Å². The quantitative estimate of drug-likeness (QED) is 0.209. The van der Waals surface area contributed by atoms with Crippen LogP contribution >= 0.6 is 0 Å². The molecule has 39 heavy (non-hydrogen) atoms. The number of carbonyl (C=O) groups excluding carboxylic acids is 1. The molecule has 0 fully saturated rings. The SMILES string of the molecule is CCCCCCN(C(=O)Nc1ccc(C)cc1)C(CC)c1nc2ccccc2c(=O)n1-c1ccc(OC)cc1. The Kier molecular flexibility index (Phi) is 9.36. The molecule has 4 aromatic rings. The molecule has 1 heterocycles. The lowest BCUT2D eigenvalue weighted by molar-refractivity contribution is 0.179. The number of hydrogen-bond acceptors (Lipinski definition) is 4. The zero-order valence-corrected chi connectivity index (χ0v) is 23.3. The van der Waals surface area contributed by atoms with Crippen molar-refractivity contribution in [2.24, 2.45) is 0 Å². The number of unbranched alkanes of at least 4 members (excludes halogenated alkanes) is 3. The smallest absolute Gasteiger partial charge is 0.322 e. The van der Waals surface area contributed by atoms with Gasteiger partial charge in [0.1, 0.15) is 11.6 Å². The number of carbonyl (C=O) groups is 1. The summed E-state index contributed by atoms with van der Waals surface area (Å²) in [6.07, 6.45) is 4.70. The van der Waals surface area contributed by atoms with E-state index < -0.39 is 6.04 Å². The van der Waals surface area contributed by atoms with Crippen LogP contribution in [0.2, 0.25) is 0 Å². The van der Waals surface area contributed by atoms with E-state index in [1.165, 1.54) is 0 Å². The summed E-state index contributed by atoms with van der Waals surface area (Å²) in [5.74, 6) is 1.24. The van der Waals surface area contributed by atoms with Crippen molar-refractivity contribution in [3.8, 4) is 11.4 Å². The van der Waals surface area contributed by atoms with Gasteiger partial charge in [-0.1, -0.05) is 62.9 Å². The Morgan fingerprint density at radius 2 is 1.69 bits per heavy atom. The highest BCUT2D eigenvalue weighted by Crippen LogP contribution is 2.28. The maximum atomic E-state index is 13.9. The van der Waals surface area contributed by atoms with Gasteiger partial charge in [0, 0.05) is 12.2 Å². The van der Waals surface area contributed by atoms with Crippen molar-refractivity contribution >= 4 is 22.6 Å². The van der Waals surface area contributed by atoms with Crippen LogP contribution in [-0.4, -0.2) is 34.1 Å². The highest BCUT2D eigenvalue weighted by molar-refractivity contribution is 5.89. The number of amides is 2. The first-order valence-electron chi connectivity index (χ1n) is 13.8. The molecule has 0 aliphatic rings. The van der Waals surface area contributed by atoms with E-state index in [4.69, 9.17) is 9.72 Å². The molecule has 1 N–H and O–H groups in total. The van der Waals surface area contributed by atoms with Gasteiger partial charge in [-0.25, -0.2) is 9.78 Å². The fraction of sp³-hybridized carbons (Fsp3) is 0.344. The number of nitrogens with one attached hydrogen (secondary N) is 1. The third kappa shape index (κ3) is 6.48. The van der Waals surface area contributed by atoms with Crippen molar-refractivity contribution in [3.63, 3.8) is 0 Å². The molecule has 1 atom stereocenters. The highest BCUT2D eigenvalue weighted by Gasteiger charge is 2.29. The first-order valence-corrected chi connectivity index (χ1v) is 13.8. The van der Waals surface area contributed by atoms with Gasteiger partial charge in [0.05, 0.1) is 29.7 Å². The zero-order chi connectivity index (χ0) is 27.8. The number of aryl methyl sites for hydroxylation is 1. The number of anilines is 1. The predicted octanol–water partition coefficient (Wildman–Crippen LogP) is 7.27. The van der Waals surface area contributed by atoms with E-state index in [1.807, 2.05) is 85.5 Å². The summed E-state index contributed by atoms with van der Waals surface area (Å²) in [6, 6.07) is 21.9. The number of rotatable bonds is 11. The van der Waals surface area contributed by atoms with Crippen LogP contribution in [0.1, 0.15) is 63.4 Å². The van der Waals surface area contributed by atoms with Crippen LogP contribution in [0.4, 0.5) is 10.5 Å². The van der Waals surface area contributed by atoms with Crippen molar-refractivity contribution in [2.75, 3.05) is 19.0 Å². The lowest BCUT2D eigenvalue weighted by atomic mass is 10.1. The molecule has 0 saturated carbocycles. The number of methoxy groups -OCH3 is 1. The zero-order valence-electron chi connectivity index (χ0n) is 23.3. The van der Waals surface area contributed by atoms with Gasteiger partial charge < -0.3 is 15.0 Å². The molecule has 7 heteroatoms. The molecule has 7 nitrogen and oxygen atoms in total. The largest absolute Gasteiger partial charge is 0.497 e. The molecule has 0 spiro atoms. The summed E-state index contributed by atoms with van der Waals surface area (Å²) in [5, 5.41) is 3.61. The number of ether oxygens (including phenoxy) is 1. The molecule has 0 saturated heterocycles. The molecule has 2 amide bonds. The van der Waals surface area contributed by atoms with Gasteiger partial charge in [0.2, 0.25) is 0 Å². The van der Waals surface area contributed by atoms with Crippen molar-refractivity contribution in [1.82, 2.24) is 14.5 Å². The van der Waals surface area contributed by atoms with Crippen LogP contribution in [0, 0.1) is 6.92 Å². The summed E-state index contributed by atoms with van der Waals surface area (Å²) in [4.78, 5) is 34.6. The van der Waals surface area contributed by atoms with Gasteiger partial charge in [-0.05, 0) is 68.3 Å². The van der Waals surface area contributed by atoms with E-state index in [2.05, 4.69) is 12.2 Å². The van der Waals surface area contributed by atoms with Crippen LogP contribution in [0.25, 0.3) is 16.6 Å². The molecular weight excluding hydrogens is 488 g/mol. The van der Waals surface area contributed by atoms with Gasteiger partial charge in [-0.3, -0.25) is 9.36 Å².